The van der Waals surface area contributed by atoms with Crippen molar-refractivity contribution in [3.05, 3.63) is 29.3 Å². The molecule has 0 atom stereocenters. The number of hydrogen-bond acceptors (Lipinski definition) is 3. The van der Waals surface area contributed by atoms with Gasteiger partial charge in [0.15, 0.2) is 0 Å². The molecule has 0 aliphatic heterocycles. The first kappa shape index (κ1) is 16.3. The highest BCUT2D eigenvalue weighted by molar-refractivity contribution is 5.76. The molecule has 0 heterocycles. The van der Waals surface area contributed by atoms with Crippen LogP contribution in [0.25, 0.3) is 0 Å². The van der Waals surface area contributed by atoms with E-state index in [2.05, 4.69) is 5.32 Å². The van der Waals surface area contributed by atoms with E-state index in [9.17, 15) is 18.0 Å². The van der Waals surface area contributed by atoms with E-state index < -0.39 is 11.7 Å². The smallest absolute Gasteiger partial charge is 0.374 e. The second-order valence-electron chi connectivity index (χ2n) is 4.39. The molecule has 3 N–H and O–H groups in total. The molecule has 0 aromatic heterocycles. The number of hydrogen-bond donors (Lipinski definition) is 2. The van der Waals surface area contributed by atoms with E-state index in [-0.39, 0.29) is 18.9 Å². The van der Waals surface area contributed by atoms with Crippen LogP contribution in [0, 0.1) is 0 Å². The standard InChI is InChI=1S/C13H18F3N3O/c1-18-12(20)5-6-19(2)11-4-3-10(13(14,15)16)7-9(11)8-17/h3-4,7H,5-6,8,17H2,1-2H3,(H,18,20). The van der Waals surface area contributed by atoms with E-state index in [0.717, 1.165) is 12.1 Å². The fourth-order valence-corrected chi connectivity index (χ4v) is 1.81. The van der Waals surface area contributed by atoms with Gasteiger partial charge in [0.25, 0.3) is 0 Å². The molecule has 0 aliphatic carbocycles. The summed E-state index contributed by atoms with van der Waals surface area (Å²) in [5.74, 6) is -0.127. The van der Waals surface area contributed by atoms with Crippen LogP contribution in [0.3, 0.4) is 0 Å². The number of rotatable bonds is 5. The zero-order valence-electron chi connectivity index (χ0n) is 11.4. The van der Waals surface area contributed by atoms with Gasteiger partial charge in [-0.05, 0) is 23.8 Å². The summed E-state index contributed by atoms with van der Waals surface area (Å²) < 4.78 is 37.9. The number of nitrogens with one attached hydrogen (secondary N) is 1. The fraction of sp³-hybridized carbons (Fsp3) is 0.462. The van der Waals surface area contributed by atoms with Crippen molar-refractivity contribution in [1.29, 1.82) is 0 Å². The van der Waals surface area contributed by atoms with E-state index in [1.54, 1.807) is 11.9 Å². The lowest BCUT2D eigenvalue weighted by atomic mass is 10.1. The summed E-state index contributed by atoms with van der Waals surface area (Å²) >= 11 is 0. The molecule has 1 aromatic carbocycles. The summed E-state index contributed by atoms with van der Waals surface area (Å²) in [5.41, 5.74) is 5.79. The van der Waals surface area contributed by atoms with Crippen LogP contribution in [0.4, 0.5) is 18.9 Å². The zero-order chi connectivity index (χ0) is 15.3. The summed E-state index contributed by atoms with van der Waals surface area (Å²) in [6.07, 6.45) is -4.12. The molecule has 20 heavy (non-hydrogen) atoms. The zero-order valence-corrected chi connectivity index (χ0v) is 11.4. The van der Waals surface area contributed by atoms with Crippen LogP contribution < -0.4 is 16.0 Å². The molecule has 112 valence electrons. The van der Waals surface area contributed by atoms with Gasteiger partial charge in [0.2, 0.25) is 5.91 Å². The molecule has 1 amide bonds. The largest absolute Gasteiger partial charge is 0.416 e. The van der Waals surface area contributed by atoms with E-state index >= 15 is 0 Å². The number of carbonyl (C=O) groups is 1. The molecule has 0 bridgehead atoms. The van der Waals surface area contributed by atoms with Crippen molar-refractivity contribution in [2.75, 3.05) is 25.5 Å². The number of nitrogens with two attached hydrogens (primary N) is 1. The maximum Gasteiger partial charge on any atom is 0.416 e. The molecule has 1 rings (SSSR count). The van der Waals surface area contributed by atoms with Gasteiger partial charge in [-0.25, -0.2) is 0 Å². The number of amides is 1. The van der Waals surface area contributed by atoms with Crippen molar-refractivity contribution in [2.45, 2.75) is 19.1 Å². The topological polar surface area (TPSA) is 58.4 Å². The van der Waals surface area contributed by atoms with E-state index in [0.29, 0.717) is 17.8 Å². The minimum Gasteiger partial charge on any atom is -0.374 e. The normalized spacial score (nSPS) is 11.3. The van der Waals surface area contributed by atoms with Crippen LogP contribution in [0.5, 0.6) is 0 Å². The number of nitrogens with zero attached hydrogens (tertiary/aromatic N) is 1. The highest BCUT2D eigenvalue weighted by atomic mass is 19.4. The van der Waals surface area contributed by atoms with E-state index in [1.165, 1.54) is 13.1 Å². The third kappa shape index (κ3) is 4.12. The Morgan fingerprint density at radius 3 is 2.55 bits per heavy atom. The Kier molecular flexibility index (Phi) is 5.38. The van der Waals surface area contributed by atoms with Gasteiger partial charge in [-0.3, -0.25) is 4.79 Å². The molecule has 0 saturated carbocycles. The molecule has 7 heteroatoms. The van der Waals surface area contributed by atoms with Gasteiger partial charge in [0.1, 0.15) is 0 Å². The van der Waals surface area contributed by atoms with Gasteiger partial charge >= 0.3 is 6.18 Å². The van der Waals surface area contributed by atoms with Crippen molar-refractivity contribution in [2.24, 2.45) is 5.73 Å². The van der Waals surface area contributed by atoms with Gasteiger partial charge in [-0.1, -0.05) is 0 Å². The number of alkyl halides is 3. The summed E-state index contributed by atoms with van der Waals surface area (Å²) in [4.78, 5) is 12.9. The SMILES string of the molecule is CNC(=O)CCN(C)c1ccc(C(F)(F)F)cc1CN. The van der Waals surface area contributed by atoms with Crippen LogP contribution in [0.1, 0.15) is 17.5 Å². The Labute approximate surface area is 115 Å². The molecule has 0 saturated heterocycles. The van der Waals surface area contributed by atoms with Crippen LogP contribution in [-0.4, -0.2) is 26.5 Å². The molecule has 0 aliphatic rings. The highest BCUT2D eigenvalue weighted by Gasteiger charge is 2.31. The minimum absolute atomic E-state index is 0.00354. The summed E-state index contributed by atoms with van der Waals surface area (Å²) in [7, 11) is 3.25. The van der Waals surface area contributed by atoms with Gasteiger partial charge in [-0.15, -0.1) is 0 Å². The highest BCUT2D eigenvalue weighted by Crippen LogP contribution is 2.32. The lowest BCUT2D eigenvalue weighted by Gasteiger charge is -2.22. The number of halogens is 3. The summed E-state index contributed by atoms with van der Waals surface area (Å²) in [5, 5.41) is 2.49. The fourth-order valence-electron chi connectivity index (χ4n) is 1.81. The lowest BCUT2D eigenvalue weighted by Crippen LogP contribution is -2.27. The third-order valence-corrected chi connectivity index (χ3v) is 2.99. The first-order chi connectivity index (χ1) is 9.29. The molecule has 1 aromatic rings. The second-order valence-corrected chi connectivity index (χ2v) is 4.39. The predicted octanol–water partition coefficient (Wildman–Crippen LogP) is 1.74. The first-order valence-corrected chi connectivity index (χ1v) is 6.11. The monoisotopic (exact) mass is 289 g/mol. The van der Waals surface area contributed by atoms with Gasteiger partial charge < -0.3 is 16.0 Å². The van der Waals surface area contributed by atoms with Crippen molar-refractivity contribution < 1.29 is 18.0 Å². The van der Waals surface area contributed by atoms with Crippen LogP contribution in [0.15, 0.2) is 18.2 Å². The van der Waals surface area contributed by atoms with Crippen molar-refractivity contribution in [1.82, 2.24) is 5.32 Å². The van der Waals surface area contributed by atoms with Crippen LogP contribution in [-0.2, 0) is 17.5 Å². The van der Waals surface area contributed by atoms with Crippen molar-refractivity contribution in [3.63, 3.8) is 0 Å². The third-order valence-electron chi connectivity index (χ3n) is 2.99. The molecular weight excluding hydrogens is 271 g/mol. The quantitative estimate of drug-likeness (QED) is 0.868. The van der Waals surface area contributed by atoms with Crippen LogP contribution in [0.2, 0.25) is 0 Å². The number of anilines is 1. The second kappa shape index (κ2) is 6.60. The Balaban J connectivity index is 2.92. The first-order valence-electron chi connectivity index (χ1n) is 6.11. The Hall–Kier alpha value is -1.76. The van der Waals surface area contributed by atoms with Crippen molar-refractivity contribution >= 4 is 11.6 Å². The average molecular weight is 289 g/mol. The molecular formula is C13H18F3N3O. The predicted molar refractivity (Wildman–Crippen MR) is 71.3 cm³/mol. The summed E-state index contributed by atoms with van der Waals surface area (Å²) in [6, 6.07) is 3.45. The molecule has 0 spiro atoms. The summed E-state index contributed by atoms with van der Waals surface area (Å²) in [6.45, 7) is 0.404. The average Bonchev–Trinajstić information content (AvgIpc) is 2.42. The maximum absolute atomic E-state index is 12.6. The van der Waals surface area contributed by atoms with Crippen LogP contribution >= 0.6 is 0 Å². The maximum atomic E-state index is 12.6. The lowest BCUT2D eigenvalue weighted by molar-refractivity contribution is -0.137. The van der Waals surface area contributed by atoms with Crippen molar-refractivity contribution in [3.8, 4) is 0 Å². The Morgan fingerprint density at radius 2 is 2.05 bits per heavy atom. The Morgan fingerprint density at radius 1 is 1.40 bits per heavy atom. The number of benzene rings is 1. The van der Waals surface area contributed by atoms with E-state index in [1.807, 2.05) is 0 Å². The van der Waals surface area contributed by atoms with Gasteiger partial charge in [0, 0.05) is 39.3 Å². The molecule has 0 fully saturated rings. The molecule has 4 nitrogen and oxygen atoms in total. The van der Waals surface area contributed by atoms with Gasteiger partial charge in [0.05, 0.1) is 5.56 Å². The minimum atomic E-state index is -4.39. The molecule has 0 radical (unpaired) electrons. The molecule has 0 unspecified atom stereocenters. The number of carbonyl (C=O) groups excluding carboxylic acids is 1. The Bertz CT molecular complexity index is 474. The van der Waals surface area contributed by atoms with Gasteiger partial charge in [-0.2, -0.15) is 13.2 Å². The van der Waals surface area contributed by atoms with E-state index in [4.69, 9.17) is 5.73 Å².